The molecule has 0 amide bonds. The molecule has 4 rings (SSSR count). The standard InChI is InChI=1S/C20H26Cl2N6O/c1-11-17(14-9-24-27-18(22)16(14)21)26-15(10-29)19(25-11)28-7-5-20(6-8-28,12(2)23)13-3-4-13/h9,12-13,29H,3-8,10,23H2,1-2H3. The predicted molar refractivity (Wildman–Crippen MR) is 114 cm³/mol. The van der Waals surface area contributed by atoms with Gasteiger partial charge in [-0.1, -0.05) is 23.2 Å². The van der Waals surface area contributed by atoms with Gasteiger partial charge in [0.15, 0.2) is 11.0 Å². The van der Waals surface area contributed by atoms with Crippen molar-refractivity contribution in [2.75, 3.05) is 18.0 Å². The van der Waals surface area contributed by atoms with Gasteiger partial charge in [-0.3, -0.25) is 0 Å². The zero-order valence-corrected chi connectivity index (χ0v) is 18.2. The Bertz CT molecular complexity index is 906. The highest BCUT2D eigenvalue weighted by Crippen LogP contribution is 2.53. The molecule has 1 saturated carbocycles. The fourth-order valence-corrected chi connectivity index (χ4v) is 5.02. The number of hydrogen-bond acceptors (Lipinski definition) is 7. The lowest BCUT2D eigenvalue weighted by molar-refractivity contribution is 0.142. The van der Waals surface area contributed by atoms with Crippen molar-refractivity contribution in [3.05, 3.63) is 27.8 Å². The molecule has 3 N–H and O–H groups in total. The van der Waals surface area contributed by atoms with Gasteiger partial charge in [0.2, 0.25) is 0 Å². The Morgan fingerprint density at radius 2 is 1.97 bits per heavy atom. The summed E-state index contributed by atoms with van der Waals surface area (Å²) in [5, 5.41) is 18.0. The minimum Gasteiger partial charge on any atom is -0.390 e. The number of aryl methyl sites for hydroxylation is 1. The van der Waals surface area contributed by atoms with E-state index in [0.29, 0.717) is 22.6 Å². The summed E-state index contributed by atoms with van der Waals surface area (Å²) >= 11 is 12.3. The van der Waals surface area contributed by atoms with Gasteiger partial charge in [0.05, 0.1) is 29.2 Å². The van der Waals surface area contributed by atoms with Gasteiger partial charge in [0.25, 0.3) is 0 Å². The van der Waals surface area contributed by atoms with Crippen molar-refractivity contribution in [2.24, 2.45) is 17.1 Å². The average molecular weight is 437 g/mol. The zero-order valence-electron chi connectivity index (χ0n) is 16.7. The van der Waals surface area contributed by atoms with E-state index in [1.807, 2.05) is 6.92 Å². The fraction of sp³-hybridized carbons (Fsp3) is 0.600. The molecule has 0 radical (unpaired) electrons. The third-order valence-corrected chi connectivity index (χ3v) is 7.31. The number of aromatic nitrogens is 4. The van der Waals surface area contributed by atoms with Crippen LogP contribution in [0.5, 0.6) is 0 Å². The van der Waals surface area contributed by atoms with Gasteiger partial charge in [-0.2, -0.15) is 5.10 Å². The maximum absolute atomic E-state index is 9.99. The summed E-state index contributed by atoms with van der Waals surface area (Å²) in [6.07, 6.45) is 6.18. The van der Waals surface area contributed by atoms with Crippen LogP contribution in [-0.2, 0) is 6.61 Å². The van der Waals surface area contributed by atoms with Gasteiger partial charge in [0.1, 0.15) is 5.69 Å². The zero-order chi connectivity index (χ0) is 20.8. The smallest absolute Gasteiger partial charge is 0.170 e. The van der Waals surface area contributed by atoms with Crippen LogP contribution < -0.4 is 10.6 Å². The van der Waals surface area contributed by atoms with Crippen LogP contribution in [0, 0.1) is 18.3 Å². The first-order chi connectivity index (χ1) is 13.9. The Morgan fingerprint density at radius 1 is 1.28 bits per heavy atom. The molecule has 7 nitrogen and oxygen atoms in total. The summed E-state index contributed by atoms with van der Waals surface area (Å²) < 4.78 is 0. The Labute approximate surface area is 180 Å². The number of piperidine rings is 1. The lowest BCUT2D eigenvalue weighted by atomic mass is 9.69. The van der Waals surface area contributed by atoms with Crippen LogP contribution in [-0.4, -0.2) is 44.4 Å². The third kappa shape index (κ3) is 3.69. The second-order valence-corrected chi connectivity index (χ2v) is 8.97. The first-order valence-corrected chi connectivity index (χ1v) is 10.8. The van der Waals surface area contributed by atoms with E-state index in [4.69, 9.17) is 33.9 Å². The third-order valence-electron chi connectivity index (χ3n) is 6.57. The molecule has 2 aliphatic rings. The molecule has 9 heteroatoms. The summed E-state index contributed by atoms with van der Waals surface area (Å²) in [5.74, 6) is 1.48. The molecule has 1 unspecified atom stereocenters. The summed E-state index contributed by atoms with van der Waals surface area (Å²) in [7, 11) is 0. The maximum atomic E-state index is 9.99. The van der Waals surface area contributed by atoms with Crippen molar-refractivity contribution in [1.82, 2.24) is 20.2 Å². The first kappa shape index (κ1) is 20.7. The molecule has 2 aromatic heterocycles. The molecule has 0 spiro atoms. The van der Waals surface area contributed by atoms with Crippen LogP contribution in [0.4, 0.5) is 5.82 Å². The number of anilines is 1. The number of aliphatic hydroxyl groups is 1. The highest BCUT2D eigenvalue weighted by atomic mass is 35.5. The van der Waals surface area contributed by atoms with E-state index in [1.54, 1.807) is 0 Å². The number of nitrogens with zero attached hydrogens (tertiary/aromatic N) is 5. The highest BCUT2D eigenvalue weighted by Gasteiger charge is 2.49. The number of nitrogens with two attached hydrogens (primary N) is 1. The average Bonchev–Trinajstić information content (AvgIpc) is 3.56. The van der Waals surface area contributed by atoms with Gasteiger partial charge < -0.3 is 15.7 Å². The molecule has 0 bridgehead atoms. The van der Waals surface area contributed by atoms with E-state index in [0.717, 1.165) is 37.7 Å². The monoisotopic (exact) mass is 436 g/mol. The molecular weight excluding hydrogens is 411 g/mol. The Morgan fingerprint density at radius 3 is 2.55 bits per heavy atom. The second-order valence-electron chi connectivity index (χ2n) is 8.23. The Kier molecular flexibility index (Phi) is 5.68. The number of hydrogen-bond donors (Lipinski definition) is 2. The summed E-state index contributed by atoms with van der Waals surface area (Å²) in [6.45, 7) is 5.53. The Balaban J connectivity index is 1.64. The normalized spacial score (nSPS) is 20.0. The van der Waals surface area contributed by atoms with Crippen molar-refractivity contribution in [3.63, 3.8) is 0 Å². The van der Waals surface area contributed by atoms with Crippen LogP contribution in [0.3, 0.4) is 0 Å². The summed E-state index contributed by atoms with van der Waals surface area (Å²) in [6, 6.07) is 0.190. The van der Waals surface area contributed by atoms with Crippen LogP contribution in [0.1, 0.15) is 44.0 Å². The second kappa shape index (κ2) is 7.95. The molecule has 1 aliphatic carbocycles. The van der Waals surface area contributed by atoms with Crippen LogP contribution in [0.2, 0.25) is 10.2 Å². The van der Waals surface area contributed by atoms with Crippen molar-refractivity contribution in [2.45, 2.75) is 52.2 Å². The fourth-order valence-electron chi connectivity index (χ4n) is 4.70. The van der Waals surface area contributed by atoms with Gasteiger partial charge >= 0.3 is 0 Å². The van der Waals surface area contributed by atoms with E-state index in [9.17, 15) is 5.11 Å². The van der Waals surface area contributed by atoms with E-state index in [-0.39, 0.29) is 28.2 Å². The molecule has 1 saturated heterocycles. The maximum Gasteiger partial charge on any atom is 0.170 e. The van der Waals surface area contributed by atoms with Crippen LogP contribution in [0.25, 0.3) is 11.3 Å². The molecule has 0 aromatic carbocycles. The number of rotatable bonds is 5. The SMILES string of the molecule is Cc1nc(N2CCC(C(C)N)(C3CC3)CC2)c(CO)nc1-c1cnnc(Cl)c1Cl. The lowest BCUT2D eigenvalue weighted by Gasteiger charge is -2.45. The first-order valence-electron chi connectivity index (χ1n) is 10.0. The van der Waals surface area contributed by atoms with Crippen molar-refractivity contribution >= 4 is 29.0 Å². The van der Waals surface area contributed by atoms with E-state index >= 15 is 0 Å². The molecule has 156 valence electrons. The van der Waals surface area contributed by atoms with E-state index < -0.39 is 0 Å². The molecule has 1 aliphatic heterocycles. The predicted octanol–water partition coefficient (Wildman–Crippen LogP) is 3.38. The van der Waals surface area contributed by atoms with Crippen molar-refractivity contribution in [1.29, 1.82) is 0 Å². The van der Waals surface area contributed by atoms with Gasteiger partial charge in [-0.15, -0.1) is 5.10 Å². The lowest BCUT2D eigenvalue weighted by Crippen LogP contribution is -2.50. The Hall–Kier alpha value is -1.54. The molecular formula is C20H26Cl2N6O. The minimum atomic E-state index is -0.211. The van der Waals surface area contributed by atoms with Crippen molar-refractivity contribution in [3.8, 4) is 11.3 Å². The van der Waals surface area contributed by atoms with Crippen LogP contribution in [0.15, 0.2) is 6.20 Å². The highest BCUT2D eigenvalue weighted by molar-refractivity contribution is 6.42. The van der Waals surface area contributed by atoms with E-state index in [2.05, 4.69) is 27.0 Å². The minimum absolute atomic E-state index is 0.114. The molecule has 2 fully saturated rings. The van der Waals surface area contributed by atoms with Crippen LogP contribution >= 0.6 is 23.2 Å². The molecule has 2 aromatic rings. The van der Waals surface area contributed by atoms with Crippen molar-refractivity contribution < 1.29 is 5.11 Å². The topological polar surface area (TPSA) is 101 Å². The molecule has 3 heterocycles. The van der Waals surface area contributed by atoms with E-state index in [1.165, 1.54) is 19.0 Å². The quantitative estimate of drug-likeness (QED) is 0.740. The number of halogens is 2. The van der Waals surface area contributed by atoms with Gasteiger partial charge in [-0.05, 0) is 50.9 Å². The molecule has 1 atom stereocenters. The summed E-state index contributed by atoms with van der Waals surface area (Å²) in [5.41, 5.74) is 8.96. The van der Waals surface area contributed by atoms with Gasteiger partial charge in [-0.25, -0.2) is 9.97 Å². The number of aliphatic hydroxyl groups excluding tert-OH is 1. The van der Waals surface area contributed by atoms with Gasteiger partial charge in [0, 0.05) is 24.7 Å². The molecule has 29 heavy (non-hydrogen) atoms. The largest absolute Gasteiger partial charge is 0.390 e. The summed E-state index contributed by atoms with van der Waals surface area (Å²) in [4.78, 5) is 11.7.